The molecule has 0 radical (unpaired) electrons. The lowest BCUT2D eigenvalue weighted by atomic mass is 9.79. The normalized spacial score (nSPS) is 15.8. The van der Waals surface area contributed by atoms with E-state index < -0.39 is 17.0 Å². The Morgan fingerprint density at radius 1 is 1.03 bits per heavy atom. The van der Waals surface area contributed by atoms with Gasteiger partial charge in [-0.05, 0) is 36.6 Å². The highest BCUT2D eigenvalue weighted by atomic mass is 19.1. The van der Waals surface area contributed by atoms with Gasteiger partial charge in [0.25, 0.3) is 0 Å². The van der Waals surface area contributed by atoms with Gasteiger partial charge < -0.3 is 10.2 Å². The zero-order valence-electron chi connectivity index (χ0n) is 16.2. The number of rotatable bonds is 5. The third kappa shape index (κ3) is 5.16. The summed E-state index contributed by atoms with van der Waals surface area (Å²) in [7, 11) is 0. The first-order valence-corrected chi connectivity index (χ1v) is 9.51. The minimum absolute atomic E-state index is 0.0250. The van der Waals surface area contributed by atoms with E-state index in [0.717, 1.165) is 12.1 Å². The van der Waals surface area contributed by atoms with E-state index in [2.05, 4.69) is 5.32 Å². The quantitative estimate of drug-likeness (QED) is 0.828. The standard InChI is InChI=1S/C22H23F3N2O2/c1-22(21(29)26-14-16-5-6-18(24)13-19(16)25)7-9-27(10-8-22)20(28)12-15-3-2-4-17(23)11-15/h2-6,11,13H,7-10,12,14H2,1H3,(H,26,29). The van der Waals surface area contributed by atoms with E-state index in [4.69, 9.17) is 0 Å². The number of nitrogens with one attached hydrogen (secondary N) is 1. The monoisotopic (exact) mass is 404 g/mol. The third-order valence-electron chi connectivity index (χ3n) is 5.47. The minimum Gasteiger partial charge on any atom is -0.351 e. The Labute approximate surface area is 167 Å². The van der Waals surface area contributed by atoms with Crippen LogP contribution < -0.4 is 5.32 Å². The van der Waals surface area contributed by atoms with Gasteiger partial charge in [-0.1, -0.05) is 25.1 Å². The second-order valence-corrected chi connectivity index (χ2v) is 7.67. The van der Waals surface area contributed by atoms with Gasteiger partial charge in [0.2, 0.25) is 11.8 Å². The van der Waals surface area contributed by atoms with Crippen molar-refractivity contribution in [3.05, 3.63) is 71.0 Å². The van der Waals surface area contributed by atoms with Crippen molar-refractivity contribution >= 4 is 11.8 Å². The molecule has 0 spiro atoms. The van der Waals surface area contributed by atoms with Crippen molar-refractivity contribution in [2.24, 2.45) is 5.41 Å². The number of benzene rings is 2. The molecule has 2 aromatic rings. The maximum atomic E-state index is 13.7. The van der Waals surface area contributed by atoms with Gasteiger partial charge in [0, 0.05) is 36.7 Å². The van der Waals surface area contributed by atoms with Crippen molar-refractivity contribution in [2.75, 3.05) is 13.1 Å². The maximum absolute atomic E-state index is 13.7. The lowest BCUT2D eigenvalue weighted by molar-refractivity contribution is -0.139. The molecule has 0 aliphatic carbocycles. The van der Waals surface area contributed by atoms with Gasteiger partial charge in [-0.3, -0.25) is 9.59 Å². The SMILES string of the molecule is CC1(C(=O)NCc2ccc(F)cc2F)CCN(C(=O)Cc2cccc(F)c2)CC1. The second-order valence-electron chi connectivity index (χ2n) is 7.67. The van der Waals surface area contributed by atoms with E-state index in [1.807, 2.05) is 6.92 Å². The van der Waals surface area contributed by atoms with Crippen LogP contribution in [0.2, 0.25) is 0 Å². The smallest absolute Gasteiger partial charge is 0.226 e. The van der Waals surface area contributed by atoms with E-state index in [1.54, 1.807) is 17.0 Å². The summed E-state index contributed by atoms with van der Waals surface area (Å²) in [6.45, 7) is 2.63. The molecular weight excluding hydrogens is 381 g/mol. The number of piperidine rings is 1. The van der Waals surface area contributed by atoms with Crippen LogP contribution in [0.3, 0.4) is 0 Å². The Kier molecular flexibility index (Phi) is 6.25. The molecule has 29 heavy (non-hydrogen) atoms. The fourth-order valence-corrected chi connectivity index (χ4v) is 3.46. The van der Waals surface area contributed by atoms with E-state index in [9.17, 15) is 22.8 Å². The van der Waals surface area contributed by atoms with Crippen LogP contribution in [-0.2, 0) is 22.6 Å². The minimum atomic E-state index is -0.701. The molecule has 0 atom stereocenters. The number of halogens is 3. The molecule has 1 N–H and O–H groups in total. The predicted molar refractivity (Wildman–Crippen MR) is 102 cm³/mol. The highest BCUT2D eigenvalue weighted by molar-refractivity contribution is 5.83. The van der Waals surface area contributed by atoms with E-state index >= 15 is 0 Å². The molecule has 1 aliphatic rings. The zero-order chi connectivity index (χ0) is 21.0. The summed E-state index contributed by atoms with van der Waals surface area (Å²) in [5.74, 6) is -2.08. The lowest BCUT2D eigenvalue weighted by Crippen LogP contribution is -2.49. The van der Waals surface area contributed by atoms with E-state index in [0.29, 0.717) is 31.5 Å². The first kappa shape index (κ1) is 20.9. The molecule has 7 heteroatoms. The van der Waals surface area contributed by atoms with Crippen LogP contribution >= 0.6 is 0 Å². The van der Waals surface area contributed by atoms with Gasteiger partial charge in [-0.25, -0.2) is 13.2 Å². The molecule has 1 heterocycles. The average molecular weight is 404 g/mol. The van der Waals surface area contributed by atoms with Crippen molar-refractivity contribution in [1.29, 1.82) is 0 Å². The number of hydrogen-bond donors (Lipinski definition) is 1. The van der Waals surface area contributed by atoms with Gasteiger partial charge in [0.1, 0.15) is 17.5 Å². The molecular formula is C22H23F3N2O2. The molecule has 1 saturated heterocycles. The van der Waals surface area contributed by atoms with Gasteiger partial charge in [-0.2, -0.15) is 0 Å². The van der Waals surface area contributed by atoms with Crippen LogP contribution in [0.15, 0.2) is 42.5 Å². The Morgan fingerprint density at radius 3 is 2.38 bits per heavy atom. The lowest BCUT2D eigenvalue weighted by Gasteiger charge is -2.38. The number of hydrogen-bond acceptors (Lipinski definition) is 2. The Hall–Kier alpha value is -2.83. The maximum Gasteiger partial charge on any atom is 0.226 e. The fraction of sp³-hybridized carbons (Fsp3) is 0.364. The summed E-state index contributed by atoms with van der Waals surface area (Å²) in [6.07, 6.45) is 1.06. The Bertz CT molecular complexity index is 909. The van der Waals surface area contributed by atoms with Crippen LogP contribution in [-0.4, -0.2) is 29.8 Å². The van der Waals surface area contributed by atoms with Crippen LogP contribution in [0.4, 0.5) is 13.2 Å². The molecule has 2 amide bonds. The van der Waals surface area contributed by atoms with E-state index in [1.165, 1.54) is 18.2 Å². The Morgan fingerprint density at radius 2 is 1.72 bits per heavy atom. The number of likely N-dealkylation sites (tertiary alicyclic amines) is 1. The molecule has 0 aromatic heterocycles. The summed E-state index contributed by atoms with van der Waals surface area (Å²) in [5.41, 5.74) is 0.153. The second kappa shape index (κ2) is 8.68. The molecule has 154 valence electrons. The average Bonchev–Trinajstić information content (AvgIpc) is 2.67. The number of amides is 2. The molecule has 0 unspecified atom stereocenters. The summed E-state index contributed by atoms with van der Waals surface area (Å²) in [5, 5.41) is 2.71. The van der Waals surface area contributed by atoms with Crippen LogP contribution in [0.25, 0.3) is 0 Å². The molecule has 3 rings (SSSR count). The molecule has 0 saturated carbocycles. The molecule has 0 bridgehead atoms. The zero-order valence-corrected chi connectivity index (χ0v) is 16.2. The van der Waals surface area contributed by atoms with Gasteiger partial charge >= 0.3 is 0 Å². The van der Waals surface area contributed by atoms with Gasteiger partial charge in [-0.15, -0.1) is 0 Å². The first-order valence-electron chi connectivity index (χ1n) is 9.51. The fourth-order valence-electron chi connectivity index (χ4n) is 3.46. The van der Waals surface area contributed by atoms with Gasteiger partial charge in [0.05, 0.1) is 6.42 Å². The predicted octanol–water partition coefficient (Wildman–Crippen LogP) is 3.59. The summed E-state index contributed by atoms with van der Waals surface area (Å²) in [4.78, 5) is 26.8. The first-order chi connectivity index (χ1) is 13.8. The number of carbonyl (C=O) groups is 2. The van der Waals surface area contributed by atoms with Crippen molar-refractivity contribution in [1.82, 2.24) is 10.2 Å². The highest BCUT2D eigenvalue weighted by Crippen LogP contribution is 2.31. The molecule has 1 fully saturated rings. The Balaban J connectivity index is 1.52. The molecule has 2 aromatic carbocycles. The molecule has 4 nitrogen and oxygen atoms in total. The largest absolute Gasteiger partial charge is 0.351 e. The summed E-state index contributed by atoms with van der Waals surface area (Å²) < 4.78 is 40.0. The van der Waals surface area contributed by atoms with Crippen molar-refractivity contribution in [2.45, 2.75) is 32.7 Å². The van der Waals surface area contributed by atoms with Crippen molar-refractivity contribution in [3.63, 3.8) is 0 Å². The number of carbonyl (C=O) groups excluding carboxylic acids is 2. The van der Waals surface area contributed by atoms with Crippen LogP contribution in [0, 0.1) is 22.9 Å². The third-order valence-corrected chi connectivity index (χ3v) is 5.47. The van der Waals surface area contributed by atoms with Crippen LogP contribution in [0.5, 0.6) is 0 Å². The number of nitrogens with zero attached hydrogens (tertiary/aromatic N) is 1. The summed E-state index contributed by atoms with van der Waals surface area (Å²) >= 11 is 0. The highest BCUT2D eigenvalue weighted by Gasteiger charge is 2.37. The van der Waals surface area contributed by atoms with Gasteiger partial charge in [0.15, 0.2) is 0 Å². The van der Waals surface area contributed by atoms with E-state index in [-0.39, 0.29) is 36.2 Å². The molecule has 1 aliphatic heterocycles. The van der Waals surface area contributed by atoms with Crippen LogP contribution in [0.1, 0.15) is 30.9 Å². The van der Waals surface area contributed by atoms with Crippen molar-refractivity contribution in [3.8, 4) is 0 Å². The van der Waals surface area contributed by atoms with Crippen molar-refractivity contribution < 1.29 is 22.8 Å². The topological polar surface area (TPSA) is 49.4 Å². The summed E-state index contributed by atoms with van der Waals surface area (Å²) in [6, 6.07) is 9.18.